The van der Waals surface area contributed by atoms with Gasteiger partial charge in [-0.3, -0.25) is 4.79 Å². The van der Waals surface area contributed by atoms with Gasteiger partial charge in [0, 0.05) is 0 Å². The molecule has 0 heterocycles. The molecule has 0 aromatic rings. The average Bonchev–Trinajstić information content (AvgIpc) is 2.18. The van der Waals surface area contributed by atoms with Crippen LogP contribution in [0.3, 0.4) is 0 Å². The van der Waals surface area contributed by atoms with Crippen LogP contribution in [0.5, 0.6) is 0 Å². The Morgan fingerprint density at radius 3 is 2.20 bits per heavy atom. The van der Waals surface area contributed by atoms with E-state index in [2.05, 4.69) is 13.8 Å². The predicted octanol–water partition coefficient (Wildman–Crippen LogP) is 2.25. The molecule has 0 aliphatic heterocycles. The van der Waals surface area contributed by atoms with Crippen molar-refractivity contribution in [3.05, 3.63) is 0 Å². The minimum absolute atomic E-state index is 0.141. The highest BCUT2D eigenvalue weighted by molar-refractivity contribution is 5.73. The van der Waals surface area contributed by atoms with Gasteiger partial charge in [-0.25, -0.2) is 0 Å². The van der Waals surface area contributed by atoms with Crippen molar-refractivity contribution in [2.75, 3.05) is 0 Å². The van der Waals surface area contributed by atoms with E-state index in [9.17, 15) is 4.79 Å². The Balaban J connectivity index is 2.67. The van der Waals surface area contributed by atoms with E-state index in [0.29, 0.717) is 11.8 Å². The third kappa shape index (κ3) is 3.20. The summed E-state index contributed by atoms with van der Waals surface area (Å²) in [5.41, 5.74) is 5.79. The monoisotopic (exact) mass is 213 g/mol. The van der Waals surface area contributed by atoms with Crippen LogP contribution in [0.4, 0.5) is 0 Å². The van der Waals surface area contributed by atoms with Crippen molar-refractivity contribution in [1.82, 2.24) is 0 Å². The summed E-state index contributed by atoms with van der Waals surface area (Å²) >= 11 is 0. The molecule has 0 bridgehead atoms. The fourth-order valence-corrected chi connectivity index (χ4v) is 2.94. The zero-order valence-electron chi connectivity index (χ0n) is 9.78. The van der Waals surface area contributed by atoms with E-state index in [4.69, 9.17) is 10.8 Å². The average molecular weight is 213 g/mol. The number of nitrogens with two attached hydrogens (primary N) is 1. The second kappa shape index (κ2) is 5.50. The summed E-state index contributed by atoms with van der Waals surface area (Å²) in [4.78, 5) is 11.0. The van der Waals surface area contributed by atoms with Gasteiger partial charge in [-0.2, -0.15) is 0 Å². The van der Waals surface area contributed by atoms with Crippen LogP contribution in [0.25, 0.3) is 0 Å². The zero-order chi connectivity index (χ0) is 11.4. The molecule has 0 aromatic carbocycles. The van der Waals surface area contributed by atoms with Gasteiger partial charge in [0.2, 0.25) is 0 Å². The van der Waals surface area contributed by atoms with Crippen molar-refractivity contribution in [1.29, 1.82) is 0 Å². The van der Waals surface area contributed by atoms with Gasteiger partial charge in [0.05, 0.1) is 0 Å². The maximum absolute atomic E-state index is 11.0. The van der Waals surface area contributed by atoms with Crippen molar-refractivity contribution < 1.29 is 9.90 Å². The summed E-state index contributed by atoms with van der Waals surface area (Å²) in [6.45, 7) is 4.17. The molecule has 0 spiro atoms. The first kappa shape index (κ1) is 12.5. The third-order valence-corrected chi connectivity index (χ3v) is 3.66. The number of aliphatic carboxylic acids is 1. The number of rotatable bonds is 4. The molecule has 3 nitrogen and oxygen atoms in total. The van der Waals surface area contributed by atoms with Crippen LogP contribution in [0.1, 0.15) is 46.0 Å². The normalized spacial score (nSPS) is 22.7. The summed E-state index contributed by atoms with van der Waals surface area (Å²) < 4.78 is 0. The lowest BCUT2D eigenvalue weighted by Gasteiger charge is -2.35. The lowest BCUT2D eigenvalue weighted by Crippen LogP contribution is -2.44. The third-order valence-electron chi connectivity index (χ3n) is 3.66. The Bertz CT molecular complexity index is 210. The van der Waals surface area contributed by atoms with Crippen LogP contribution in [0, 0.1) is 17.8 Å². The van der Waals surface area contributed by atoms with Gasteiger partial charge in [0.1, 0.15) is 6.04 Å². The molecule has 0 amide bonds. The molecule has 1 unspecified atom stereocenters. The van der Waals surface area contributed by atoms with E-state index in [1.165, 1.54) is 19.3 Å². The standard InChI is InChI=1S/C12H23NO2/c1-8(2)10(11(13)12(14)15)9-6-4-3-5-7-9/h8-11H,3-7,13H2,1-2H3,(H,14,15)/t10?,11-/m0/s1. The van der Waals surface area contributed by atoms with E-state index in [-0.39, 0.29) is 5.92 Å². The highest BCUT2D eigenvalue weighted by Crippen LogP contribution is 2.35. The number of hydrogen-bond acceptors (Lipinski definition) is 2. The summed E-state index contributed by atoms with van der Waals surface area (Å²) in [6, 6.07) is -0.687. The van der Waals surface area contributed by atoms with Crippen molar-refractivity contribution >= 4 is 5.97 Å². The van der Waals surface area contributed by atoms with Crippen LogP contribution >= 0.6 is 0 Å². The Hall–Kier alpha value is -0.570. The minimum atomic E-state index is -0.848. The molecule has 0 aromatic heterocycles. The molecule has 15 heavy (non-hydrogen) atoms. The molecule has 0 saturated heterocycles. The van der Waals surface area contributed by atoms with E-state index in [1.54, 1.807) is 0 Å². The van der Waals surface area contributed by atoms with Gasteiger partial charge < -0.3 is 10.8 Å². The summed E-state index contributed by atoms with van der Waals surface area (Å²) in [5, 5.41) is 9.01. The molecule has 1 fully saturated rings. The van der Waals surface area contributed by atoms with Crippen LogP contribution in [0.2, 0.25) is 0 Å². The first-order valence-electron chi connectivity index (χ1n) is 6.02. The van der Waals surface area contributed by atoms with Crippen molar-refractivity contribution in [2.45, 2.75) is 52.0 Å². The minimum Gasteiger partial charge on any atom is -0.480 e. The maximum atomic E-state index is 11.0. The molecule has 0 radical (unpaired) electrons. The topological polar surface area (TPSA) is 63.3 Å². The molecule has 88 valence electrons. The highest BCUT2D eigenvalue weighted by atomic mass is 16.4. The Kier molecular flexibility index (Phi) is 4.58. The molecule has 3 heteroatoms. The Labute approximate surface area is 92.0 Å². The summed E-state index contributed by atoms with van der Waals surface area (Å²) in [6.07, 6.45) is 6.08. The van der Waals surface area contributed by atoms with E-state index >= 15 is 0 Å². The van der Waals surface area contributed by atoms with Crippen LogP contribution in [0.15, 0.2) is 0 Å². The van der Waals surface area contributed by atoms with E-state index < -0.39 is 12.0 Å². The van der Waals surface area contributed by atoms with Gasteiger partial charge in [0.15, 0.2) is 0 Å². The van der Waals surface area contributed by atoms with E-state index in [1.807, 2.05) is 0 Å². The number of carbonyl (C=O) groups is 1. The molecule has 1 rings (SSSR count). The molecule has 3 N–H and O–H groups in total. The van der Waals surface area contributed by atoms with Gasteiger partial charge in [-0.05, 0) is 17.8 Å². The lowest BCUT2D eigenvalue weighted by atomic mass is 9.72. The summed E-state index contributed by atoms with van der Waals surface area (Å²) in [5.74, 6) is 0.172. The molecule has 1 aliphatic carbocycles. The van der Waals surface area contributed by atoms with Gasteiger partial charge in [-0.15, -0.1) is 0 Å². The fraction of sp³-hybridized carbons (Fsp3) is 0.917. The molecule has 1 saturated carbocycles. The predicted molar refractivity (Wildman–Crippen MR) is 60.5 cm³/mol. The fourth-order valence-electron chi connectivity index (χ4n) is 2.94. The highest BCUT2D eigenvalue weighted by Gasteiger charge is 2.34. The smallest absolute Gasteiger partial charge is 0.320 e. The largest absolute Gasteiger partial charge is 0.480 e. The molecular formula is C12H23NO2. The second-order valence-electron chi connectivity index (χ2n) is 5.08. The van der Waals surface area contributed by atoms with Gasteiger partial charge in [0.25, 0.3) is 0 Å². The van der Waals surface area contributed by atoms with Crippen molar-refractivity contribution in [3.63, 3.8) is 0 Å². The first-order chi connectivity index (χ1) is 7.04. The van der Waals surface area contributed by atoms with Crippen molar-refractivity contribution in [3.8, 4) is 0 Å². The van der Waals surface area contributed by atoms with Gasteiger partial charge >= 0.3 is 5.97 Å². The second-order valence-corrected chi connectivity index (χ2v) is 5.08. The number of hydrogen-bond donors (Lipinski definition) is 2. The molecular weight excluding hydrogens is 190 g/mol. The molecule has 2 atom stereocenters. The maximum Gasteiger partial charge on any atom is 0.320 e. The first-order valence-corrected chi connectivity index (χ1v) is 6.02. The summed E-state index contributed by atoms with van der Waals surface area (Å²) in [7, 11) is 0. The lowest BCUT2D eigenvalue weighted by molar-refractivity contribution is -0.141. The number of carboxylic acid groups (broad SMARTS) is 1. The number of carboxylic acids is 1. The van der Waals surface area contributed by atoms with Gasteiger partial charge in [-0.1, -0.05) is 46.0 Å². The van der Waals surface area contributed by atoms with Crippen LogP contribution in [-0.2, 0) is 4.79 Å². The van der Waals surface area contributed by atoms with Crippen molar-refractivity contribution in [2.24, 2.45) is 23.5 Å². The Morgan fingerprint density at radius 1 is 1.27 bits per heavy atom. The quantitative estimate of drug-likeness (QED) is 0.753. The van der Waals surface area contributed by atoms with Crippen LogP contribution < -0.4 is 5.73 Å². The van der Waals surface area contributed by atoms with E-state index in [0.717, 1.165) is 12.8 Å². The Morgan fingerprint density at radius 2 is 1.80 bits per heavy atom. The zero-order valence-corrected chi connectivity index (χ0v) is 9.78. The van der Waals surface area contributed by atoms with Crippen LogP contribution in [-0.4, -0.2) is 17.1 Å². The molecule has 1 aliphatic rings. The SMILES string of the molecule is CC(C)C(C1CCCCC1)[C@H](N)C(=O)O.